The van der Waals surface area contributed by atoms with Gasteiger partial charge in [0.25, 0.3) is 0 Å². The van der Waals surface area contributed by atoms with Crippen LogP contribution in [0.5, 0.6) is 0 Å². The zero-order valence-corrected chi connectivity index (χ0v) is 8.98. The molecule has 0 saturated carbocycles. The van der Waals surface area contributed by atoms with Crippen molar-refractivity contribution in [3.05, 3.63) is 12.2 Å². The van der Waals surface area contributed by atoms with Crippen LogP contribution in [0.2, 0.25) is 0 Å². The third kappa shape index (κ3) is 9.70. The molecule has 0 aromatic carbocycles. The molecule has 0 unspecified atom stereocenters. The minimum atomic E-state index is 0.245. The van der Waals surface area contributed by atoms with E-state index in [0.29, 0.717) is 0 Å². The van der Waals surface area contributed by atoms with Crippen molar-refractivity contribution >= 4 is 0 Å². The van der Waals surface area contributed by atoms with Crippen LogP contribution in [0.25, 0.3) is 0 Å². The number of unbranched alkanes of at least 4 members (excludes halogenated alkanes) is 2. The average molecular weight is 169 g/mol. The molecule has 0 aliphatic carbocycles. The fraction of sp³-hybridized carbons (Fsp3) is 0.818. The highest BCUT2D eigenvalue weighted by Gasteiger charge is 2.05. The molecule has 0 fully saturated rings. The van der Waals surface area contributed by atoms with Gasteiger partial charge in [0.05, 0.1) is 0 Å². The van der Waals surface area contributed by atoms with E-state index in [0.717, 1.165) is 6.54 Å². The monoisotopic (exact) mass is 169 g/mol. The molecule has 12 heavy (non-hydrogen) atoms. The van der Waals surface area contributed by atoms with Gasteiger partial charge >= 0.3 is 0 Å². The van der Waals surface area contributed by atoms with Gasteiger partial charge in [0.1, 0.15) is 0 Å². The van der Waals surface area contributed by atoms with Crippen LogP contribution in [-0.4, -0.2) is 12.1 Å². The van der Waals surface area contributed by atoms with Gasteiger partial charge in [-0.25, -0.2) is 0 Å². The zero-order chi connectivity index (χ0) is 9.45. The molecule has 0 aromatic heterocycles. The minimum Gasteiger partial charge on any atom is -0.309 e. The topological polar surface area (TPSA) is 12.0 Å². The lowest BCUT2D eigenvalue weighted by Gasteiger charge is -2.18. The van der Waals surface area contributed by atoms with E-state index in [9.17, 15) is 0 Å². The molecule has 0 amide bonds. The Morgan fingerprint density at radius 3 is 2.33 bits per heavy atom. The minimum absolute atomic E-state index is 0.245. The molecule has 72 valence electrons. The molecule has 1 nitrogen and oxygen atoms in total. The molecule has 0 heterocycles. The SMILES string of the molecule is CCCC/C=C/CNC(C)(C)C. The molecular weight excluding hydrogens is 146 g/mol. The van der Waals surface area contributed by atoms with E-state index >= 15 is 0 Å². The van der Waals surface area contributed by atoms with Crippen molar-refractivity contribution in [1.82, 2.24) is 5.32 Å². The van der Waals surface area contributed by atoms with Crippen molar-refractivity contribution in [2.45, 2.75) is 52.5 Å². The van der Waals surface area contributed by atoms with Gasteiger partial charge in [0, 0.05) is 12.1 Å². The van der Waals surface area contributed by atoms with Crippen LogP contribution in [0.15, 0.2) is 12.2 Å². The van der Waals surface area contributed by atoms with Gasteiger partial charge < -0.3 is 5.32 Å². The highest BCUT2D eigenvalue weighted by molar-refractivity contribution is 4.86. The summed E-state index contributed by atoms with van der Waals surface area (Å²) in [5.74, 6) is 0. The summed E-state index contributed by atoms with van der Waals surface area (Å²) in [6.45, 7) is 9.78. The molecule has 0 atom stereocenters. The van der Waals surface area contributed by atoms with Crippen molar-refractivity contribution in [2.24, 2.45) is 0 Å². The second-order valence-corrected chi connectivity index (χ2v) is 4.24. The third-order valence-corrected chi connectivity index (χ3v) is 1.64. The fourth-order valence-corrected chi connectivity index (χ4v) is 0.888. The highest BCUT2D eigenvalue weighted by Crippen LogP contribution is 1.98. The molecule has 0 saturated heterocycles. The van der Waals surface area contributed by atoms with Gasteiger partial charge in [-0.2, -0.15) is 0 Å². The lowest BCUT2D eigenvalue weighted by Crippen LogP contribution is -2.35. The maximum Gasteiger partial charge on any atom is 0.0139 e. The molecule has 0 aliphatic heterocycles. The van der Waals surface area contributed by atoms with Gasteiger partial charge in [0.15, 0.2) is 0 Å². The van der Waals surface area contributed by atoms with Gasteiger partial charge in [-0.05, 0) is 27.2 Å². The van der Waals surface area contributed by atoms with Crippen LogP contribution in [0.3, 0.4) is 0 Å². The number of rotatable bonds is 5. The molecule has 0 rings (SSSR count). The first-order chi connectivity index (χ1) is 5.56. The van der Waals surface area contributed by atoms with Gasteiger partial charge in [-0.3, -0.25) is 0 Å². The van der Waals surface area contributed by atoms with Crippen molar-refractivity contribution in [2.75, 3.05) is 6.54 Å². The standard InChI is InChI=1S/C11H23N/c1-5-6-7-8-9-10-12-11(2,3)4/h8-9,12H,5-7,10H2,1-4H3/b9-8+. The molecular formula is C11H23N. The molecule has 1 N–H and O–H groups in total. The Morgan fingerprint density at radius 1 is 1.17 bits per heavy atom. The second kappa shape index (κ2) is 6.24. The van der Waals surface area contributed by atoms with Crippen LogP contribution >= 0.6 is 0 Å². The Labute approximate surface area is 77.2 Å². The third-order valence-electron chi connectivity index (χ3n) is 1.64. The number of nitrogens with one attached hydrogen (secondary N) is 1. The fourth-order valence-electron chi connectivity index (χ4n) is 0.888. The lowest BCUT2D eigenvalue weighted by atomic mass is 10.1. The Balaban J connectivity index is 3.25. The summed E-state index contributed by atoms with van der Waals surface area (Å²) in [5.41, 5.74) is 0.245. The first-order valence-corrected chi connectivity index (χ1v) is 4.96. The normalized spacial score (nSPS) is 12.7. The molecule has 1 heteroatoms. The molecule has 0 aliphatic rings. The van der Waals surface area contributed by atoms with Crippen molar-refractivity contribution in [3.8, 4) is 0 Å². The highest BCUT2D eigenvalue weighted by atomic mass is 14.9. The second-order valence-electron chi connectivity index (χ2n) is 4.24. The number of allylic oxidation sites excluding steroid dienone is 1. The quantitative estimate of drug-likeness (QED) is 0.492. The summed E-state index contributed by atoms with van der Waals surface area (Å²) in [6, 6.07) is 0. The predicted molar refractivity (Wildman–Crippen MR) is 56.4 cm³/mol. The first-order valence-electron chi connectivity index (χ1n) is 4.96. The Hall–Kier alpha value is -0.300. The molecule has 0 aromatic rings. The van der Waals surface area contributed by atoms with E-state index in [1.165, 1.54) is 19.3 Å². The maximum atomic E-state index is 3.41. The van der Waals surface area contributed by atoms with Gasteiger partial charge in [-0.1, -0.05) is 31.9 Å². The summed E-state index contributed by atoms with van der Waals surface area (Å²) in [6.07, 6.45) is 8.31. The first kappa shape index (κ1) is 11.7. The molecule has 0 spiro atoms. The van der Waals surface area contributed by atoms with Crippen molar-refractivity contribution in [1.29, 1.82) is 0 Å². The Bertz CT molecular complexity index is 119. The van der Waals surface area contributed by atoms with Crippen LogP contribution in [-0.2, 0) is 0 Å². The largest absolute Gasteiger partial charge is 0.309 e. The van der Waals surface area contributed by atoms with Crippen LogP contribution < -0.4 is 5.32 Å². The summed E-state index contributed by atoms with van der Waals surface area (Å²) < 4.78 is 0. The van der Waals surface area contributed by atoms with Crippen LogP contribution in [0.1, 0.15) is 47.0 Å². The van der Waals surface area contributed by atoms with E-state index in [4.69, 9.17) is 0 Å². The summed E-state index contributed by atoms with van der Waals surface area (Å²) in [7, 11) is 0. The maximum absolute atomic E-state index is 3.41. The zero-order valence-electron chi connectivity index (χ0n) is 8.98. The van der Waals surface area contributed by atoms with Gasteiger partial charge in [0.2, 0.25) is 0 Å². The van der Waals surface area contributed by atoms with Gasteiger partial charge in [-0.15, -0.1) is 0 Å². The Kier molecular flexibility index (Phi) is 6.09. The van der Waals surface area contributed by atoms with E-state index in [1.807, 2.05) is 0 Å². The summed E-state index contributed by atoms with van der Waals surface area (Å²) in [4.78, 5) is 0. The summed E-state index contributed by atoms with van der Waals surface area (Å²) in [5, 5.41) is 3.41. The van der Waals surface area contributed by atoms with E-state index in [2.05, 4.69) is 45.2 Å². The lowest BCUT2D eigenvalue weighted by molar-refractivity contribution is 0.449. The Morgan fingerprint density at radius 2 is 1.83 bits per heavy atom. The van der Waals surface area contributed by atoms with E-state index < -0.39 is 0 Å². The smallest absolute Gasteiger partial charge is 0.0139 e. The number of hydrogen-bond acceptors (Lipinski definition) is 1. The summed E-state index contributed by atoms with van der Waals surface area (Å²) >= 11 is 0. The van der Waals surface area contributed by atoms with Crippen molar-refractivity contribution in [3.63, 3.8) is 0 Å². The van der Waals surface area contributed by atoms with Crippen LogP contribution in [0.4, 0.5) is 0 Å². The average Bonchev–Trinajstić information content (AvgIpc) is 1.94. The van der Waals surface area contributed by atoms with E-state index in [-0.39, 0.29) is 5.54 Å². The molecule has 0 bridgehead atoms. The number of hydrogen-bond donors (Lipinski definition) is 1. The van der Waals surface area contributed by atoms with Crippen LogP contribution in [0, 0.1) is 0 Å². The van der Waals surface area contributed by atoms with E-state index in [1.54, 1.807) is 0 Å². The predicted octanol–water partition coefficient (Wildman–Crippen LogP) is 3.12. The molecule has 0 radical (unpaired) electrons. The van der Waals surface area contributed by atoms with Crippen molar-refractivity contribution < 1.29 is 0 Å².